The third-order valence-electron chi connectivity index (χ3n) is 3.23. The highest BCUT2D eigenvalue weighted by molar-refractivity contribution is 4.89. The first-order chi connectivity index (χ1) is 7.38. The molecule has 0 aliphatic heterocycles. The number of hydrogen-bond acceptors (Lipinski definition) is 2. The van der Waals surface area contributed by atoms with Gasteiger partial charge in [-0.3, -0.25) is 0 Å². The van der Waals surface area contributed by atoms with Crippen LogP contribution in [0.3, 0.4) is 0 Å². The van der Waals surface area contributed by atoms with E-state index in [2.05, 4.69) is 46.9 Å². The van der Waals surface area contributed by atoms with Gasteiger partial charge in [0.2, 0.25) is 0 Å². The first kappa shape index (κ1) is 15.9. The Kier molecular flexibility index (Phi) is 7.25. The molecule has 0 aromatic carbocycles. The molecule has 1 N–H and O–H groups in total. The lowest BCUT2D eigenvalue weighted by Gasteiger charge is -2.39. The summed E-state index contributed by atoms with van der Waals surface area (Å²) in [4.78, 5) is 0. The van der Waals surface area contributed by atoms with Gasteiger partial charge in [-0.25, -0.2) is 0 Å². The summed E-state index contributed by atoms with van der Waals surface area (Å²) in [6.07, 6.45) is 2.77. The lowest BCUT2D eigenvalue weighted by atomic mass is 9.79. The van der Waals surface area contributed by atoms with Gasteiger partial charge in [0.15, 0.2) is 0 Å². The molecule has 0 aromatic rings. The summed E-state index contributed by atoms with van der Waals surface area (Å²) in [5, 5.41) is 3.60. The van der Waals surface area contributed by atoms with Gasteiger partial charge in [-0.1, -0.05) is 48.0 Å². The Labute approximate surface area is 102 Å². The molecule has 0 fully saturated rings. The van der Waals surface area contributed by atoms with Crippen LogP contribution >= 0.6 is 0 Å². The van der Waals surface area contributed by atoms with Crippen molar-refractivity contribution in [3.05, 3.63) is 0 Å². The van der Waals surface area contributed by atoms with Crippen LogP contribution in [-0.4, -0.2) is 25.8 Å². The van der Waals surface area contributed by atoms with Crippen LogP contribution in [0, 0.1) is 11.3 Å². The molecule has 0 saturated heterocycles. The minimum atomic E-state index is 0.184. The first-order valence-electron chi connectivity index (χ1n) is 6.64. The van der Waals surface area contributed by atoms with Crippen LogP contribution in [0.2, 0.25) is 0 Å². The van der Waals surface area contributed by atoms with Crippen molar-refractivity contribution in [2.24, 2.45) is 11.3 Å². The van der Waals surface area contributed by atoms with Crippen LogP contribution in [0.5, 0.6) is 0 Å². The number of likely N-dealkylation sites (N-methyl/N-ethyl adjacent to an activating group) is 1. The molecule has 3 unspecified atom stereocenters. The molecule has 0 aromatic heterocycles. The summed E-state index contributed by atoms with van der Waals surface area (Å²) >= 11 is 0. The normalized spacial score (nSPS) is 18.2. The summed E-state index contributed by atoms with van der Waals surface area (Å²) in [5.74, 6) is 0.661. The lowest BCUT2D eigenvalue weighted by molar-refractivity contribution is -0.0250. The highest BCUT2D eigenvalue weighted by Crippen LogP contribution is 2.29. The van der Waals surface area contributed by atoms with Crippen LogP contribution in [0.25, 0.3) is 0 Å². The molecule has 2 nitrogen and oxygen atoms in total. The summed E-state index contributed by atoms with van der Waals surface area (Å²) in [5.41, 5.74) is 0.184. The number of methoxy groups -OCH3 is 1. The maximum Gasteiger partial charge on any atom is 0.0774 e. The largest absolute Gasteiger partial charge is 0.379 e. The second-order valence-corrected chi connectivity index (χ2v) is 5.87. The van der Waals surface area contributed by atoms with Gasteiger partial charge in [0, 0.05) is 13.2 Å². The van der Waals surface area contributed by atoms with Crippen molar-refractivity contribution in [2.75, 3.05) is 13.7 Å². The van der Waals surface area contributed by atoms with E-state index in [1.165, 1.54) is 12.8 Å². The zero-order valence-electron chi connectivity index (χ0n) is 12.3. The van der Waals surface area contributed by atoms with Crippen molar-refractivity contribution in [2.45, 2.75) is 66.5 Å². The van der Waals surface area contributed by atoms with E-state index in [1.54, 1.807) is 0 Å². The first-order valence-corrected chi connectivity index (χ1v) is 6.64. The Morgan fingerprint density at radius 3 is 2.06 bits per heavy atom. The molecule has 0 spiro atoms. The molecule has 3 atom stereocenters. The van der Waals surface area contributed by atoms with Gasteiger partial charge in [0.25, 0.3) is 0 Å². The molecule has 0 bridgehead atoms. The molecule has 0 heterocycles. The highest BCUT2D eigenvalue weighted by atomic mass is 16.5. The van der Waals surface area contributed by atoms with Crippen molar-refractivity contribution in [1.82, 2.24) is 5.32 Å². The second kappa shape index (κ2) is 7.29. The predicted octanol–water partition coefficient (Wildman–Crippen LogP) is 3.46. The Morgan fingerprint density at radius 1 is 1.19 bits per heavy atom. The van der Waals surface area contributed by atoms with E-state index < -0.39 is 0 Å². The molecule has 98 valence electrons. The highest BCUT2D eigenvalue weighted by Gasteiger charge is 2.34. The zero-order valence-corrected chi connectivity index (χ0v) is 12.3. The number of nitrogens with one attached hydrogen (secondary N) is 1. The van der Waals surface area contributed by atoms with E-state index in [0.717, 1.165) is 6.54 Å². The molecule has 0 amide bonds. The van der Waals surface area contributed by atoms with Gasteiger partial charge >= 0.3 is 0 Å². The standard InChI is InChI=1S/C14H31NO/c1-8-10-11(3)12(15-9-2)13(16-7)14(4,5)6/h11-13,15H,8-10H2,1-7H3. The van der Waals surface area contributed by atoms with E-state index >= 15 is 0 Å². The van der Waals surface area contributed by atoms with E-state index in [-0.39, 0.29) is 11.5 Å². The lowest BCUT2D eigenvalue weighted by Crippen LogP contribution is -2.51. The second-order valence-electron chi connectivity index (χ2n) is 5.87. The van der Waals surface area contributed by atoms with Crippen molar-refractivity contribution in [3.63, 3.8) is 0 Å². The van der Waals surface area contributed by atoms with Gasteiger partial charge in [0.05, 0.1) is 6.10 Å². The Bertz CT molecular complexity index is 174. The van der Waals surface area contributed by atoms with E-state index in [0.29, 0.717) is 12.0 Å². The maximum absolute atomic E-state index is 5.73. The fraction of sp³-hybridized carbons (Fsp3) is 1.00. The van der Waals surface area contributed by atoms with Crippen molar-refractivity contribution < 1.29 is 4.74 Å². The van der Waals surface area contributed by atoms with Crippen LogP contribution in [0.1, 0.15) is 54.4 Å². The van der Waals surface area contributed by atoms with Crippen molar-refractivity contribution >= 4 is 0 Å². The SMILES string of the molecule is CCCC(C)C(NCC)C(OC)C(C)(C)C. The van der Waals surface area contributed by atoms with Crippen LogP contribution < -0.4 is 5.32 Å². The predicted molar refractivity (Wildman–Crippen MR) is 71.8 cm³/mol. The quantitative estimate of drug-likeness (QED) is 0.722. The van der Waals surface area contributed by atoms with E-state index in [1.807, 2.05) is 7.11 Å². The van der Waals surface area contributed by atoms with Crippen molar-refractivity contribution in [1.29, 1.82) is 0 Å². The smallest absolute Gasteiger partial charge is 0.0774 e. The van der Waals surface area contributed by atoms with Gasteiger partial charge in [-0.05, 0) is 24.3 Å². The summed E-state index contributed by atoms with van der Waals surface area (Å²) in [6.45, 7) is 14.5. The van der Waals surface area contributed by atoms with Crippen LogP contribution in [-0.2, 0) is 4.74 Å². The average molecular weight is 229 g/mol. The van der Waals surface area contributed by atoms with Crippen molar-refractivity contribution in [3.8, 4) is 0 Å². The zero-order chi connectivity index (χ0) is 12.8. The molecular weight excluding hydrogens is 198 g/mol. The number of hydrogen-bond donors (Lipinski definition) is 1. The topological polar surface area (TPSA) is 21.3 Å². The summed E-state index contributed by atoms with van der Waals surface area (Å²) < 4.78 is 5.73. The summed E-state index contributed by atoms with van der Waals surface area (Å²) in [6, 6.07) is 0.454. The van der Waals surface area contributed by atoms with E-state index in [4.69, 9.17) is 4.74 Å². The average Bonchev–Trinajstić information content (AvgIpc) is 2.16. The Balaban J connectivity index is 4.71. The third kappa shape index (κ3) is 4.84. The fourth-order valence-electron chi connectivity index (χ4n) is 2.52. The Hall–Kier alpha value is -0.0800. The molecule has 0 aliphatic carbocycles. The molecule has 16 heavy (non-hydrogen) atoms. The molecule has 0 saturated carbocycles. The molecule has 0 radical (unpaired) electrons. The van der Waals surface area contributed by atoms with Gasteiger partial charge in [-0.2, -0.15) is 0 Å². The number of ether oxygens (including phenoxy) is 1. The molecular formula is C14H31NO. The fourth-order valence-corrected chi connectivity index (χ4v) is 2.52. The minimum absolute atomic E-state index is 0.184. The summed E-state index contributed by atoms with van der Waals surface area (Å²) in [7, 11) is 1.83. The van der Waals surface area contributed by atoms with Crippen LogP contribution in [0.15, 0.2) is 0 Å². The molecule has 0 aliphatic rings. The van der Waals surface area contributed by atoms with Gasteiger partial charge < -0.3 is 10.1 Å². The van der Waals surface area contributed by atoms with Crippen LogP contribution in [0.4, 0.5) is 0 Å². The Morgan fingerprint density at radius 2 is 1.75 bits per heavy atom. The number of rotatable bonds is 7. The minimum Gasteiger partial charge on any atom is -0.379 e. The molecule has 2 heteroatoms. The maximum atomic E-state index is 5.73. The van der Waals surface area contributed by atoms with Gasteiger partial charge in [0.1, 0.15) is 0 Å². The third-order valence-corrected chi connectivity index (χ3v) is 3.23. The molecule has 0 rings (SSSR count). The monoisotopic (exact) mass is 229 g/mol. The van der Waals surface area contributed by atoms with Gasteiger partial charge in [-0.15, -0.1) is 0 Å². The van der Waals surface area contributed by atoms with E-state index in [9.17, 15) is 0 Å².